The predicted octanol–water partition coefficient (Wildman–Crippen LogP) is -1.16. The van der Waals surface area contributed by atoms with Gasteiger partial charge in [-0.05, 0) is 38.1 Å². The van der Waals surface area contributed by atoms with Crippen LogP contribution < -0.4 is 34.3 Å². The van der Waals surface area contributed by atoms with Gasteiger partial charge in [-0.1, -0.05) is 0 Å². The molecule has 15 heavy (non-hydrogen) atoms. The molecule has 6 heteroatoms. The molecule has 1 aromatic rings. The van der Waals surface area contributed by atoms with E-state index < -0.39 is 10.1 Å². The van der Waals surface area contributed by atoms with Gasteiger partial charge in [0.15, 0.2) is 0 Å². The fraction of sp³-hybridized carbons (Fsp3) is 0.333. The minimum Gasteiger partial charge on any atom is -1.00 e. The Hall–Kier alpha value is -0.0700. The second-order valence-corrected chi connectivity index (χ2v) is 4.53. The molecule has 0 bridgehead atoms. The maximum atomic E-state index is 10.7. The SMILES string of the molecule is CC(C)Oc1ccc(S(=O)(=O)O)cc1.[H-].[Na+]. The van der Waals surface area contributed by atoms with Gasteiger partial charge in [0.1, 0.15) is 5.75 Å². The molecule has 0 unspecified atom stereocenters. The minimum atomic E-state index is -4.10. The summed E-state index contributed by atoms with van der Waals surface area (Å²) in [5.41, 5.74) is 0. The van der Waals surface area contributed by atoms with Crippen LogP contribution >= 0.6 is 0 Å². The van der Waals surface area contributed by atoms with E-state index >= 15 is 0 Å². The maximum Gasteiger partial charge on any atom is 1.00 e. The second-order valence-electron chi connectivity index (χ2n) is 3.11. The van der Waals surface area contributed by atoms with Crippen molar-refractivity contribution in [1.82, 2.24) is 0 Å². The first-order valence-corrected chi connectivity index (χ1v) is 5.58. The fourth-order valence-electron chi connectivity index (χ4n) is 0.962. The van der Waals surface area contributed by atoms with Crippen molar-refractivity contribution in [2.45, 2.75) is 24.8 Å². The summed E-state index contributed by atoms with van der Waals surface area (Å²) >= 11 is 0. The molecule has 0 radical (unpaired) electrons. The molecule has 0 spiro atoms. The van der Waals surface area contributed by atoms with Crippen LogP contribution in [0.25, 0.3) is 0 Å². The zero-order valence-corrected chi connectivity index (χ0v) is 11.8. The van der Waals surface area contributed by atoms with Crippen molar-refractivity contribution in [1.29, 1.82) is 0 Å². The van der Waals surface area contributed by atoms with Gasteiger partial charge in [-0.15, -0.1) is 0 Å². The second kappa shape index (κ2) is 5.86. The Morgan fingerprint density at radius 3 is 2.07 bits per heavy atom. The average molecular weight is 240 g/mol. The van der Waals surface area contributed by atoms with Gasteiger partial charge in [-0.2, -0.15) is 8.42 Å². The molecule has 0 fully saturated rings. The summed E-state index contributed by atoms with van der Waals surface area (Å²) in [5.74, 6) is 0.576. The third-order valence-corrected chi connectivity index (χ3v) is 2.36. The summed E-state index contributed by atoms with van der Waals surface area (Å²) in [5, 5.41) is 0. The van der Waals surface area contributed by atoms with Crippen LogP contribution in [0.5, 0.6) is 5.75 Å². The fourth-order valence-corrected chi connectivity index (χ4v) is 1.44. The average Bonchev–Trinajstić information content (AvgIpc) is 2.02. The molecule has 80 valence electrons. The van der Waals surface area contributed by atoms with Crippen molar-refractivity contribution in [3.05, 3.63) is 24.3 Å². The summed E-state index contributed by atoms with van der Waals surface area (Å²) in [4.78, 5) is -0.131. The molecular weight excluding hydrogens is 227 g/mol. The van der Waals surface area contributed by atoms with Crippen molar-refractivity contribution >= 4 is 10.1 Å². The number of hydrogen-bond donors (Lipinski definition) is 1. The van der Waals surface area contributed by atoms with Gasteiger partial charge in [0, 0.05) is 0 Å². The number of benzene rings is 1. The third kappa shape index (κ3) is 4.99. The molecule has 1 rings (SSSR count). The van der Waals surface area contributed by atoms with E-state index in [1.807, 2.05) is 13.8 Å². The van der Waals surface area contributed by atoms with E-state index in [-0.39, 0.29) is 42.0 Å². The molecule has 0 heterocycles. The van der Waals surface area contributed by atoms with E-state index in [1.54, 1.807) is 0 Å². The van der Waals surface area contributed by atoms with Crippen LogP contribution in [-0.2, 0) is 10.1 Å². The van der Waals surface area contributed by atoms with Gasteiger partial charge in [0.05, 0.1) is 11.0 Å². The van der Waals surface area contributed by atoms with Crippen LogP contribution in [0, 0.1) is 0 Å². The Kier molecular flexibility index (Phi) is 5.84. The van der Waals surface area contributed by atoms with Crippen LogP contribution in [-0.4, -0.2) is 19.1 Å². The molecule has 0 amide bonds. The molecule has 0 saturated heterocycles. The zero-order valence-electron chi connectivity index (χ0n) is 9.97. The first-order chi connectivity index (χ1) is 6.39. The van der Waals surface area contributed by atoms with Crippen molar-refractivity contribution in [2.24, 2.45) is 0 Å². The Labute approximate surface area is 113 Å². The van der Waals surface area contributed by atoms with E-state index in [9.17, 15) is 8.42 Å². The van der Waals surface area contributed by atoms with E-state index in [4.69, 9.17) is 9.29 Å². The summed E-state index contributed by atoms with van der Waals surface area (Å²) < 4.78 is 35.4. The largest absolute Gasteiger partial charge is 1.00 e. The predicted molar refractivity (Wildman–Crippen MR) is 53.1 cm³/mol. The van der Waals surface area contributed by atoms with E-state index in [1.165, 1.54) is 24.3 Å². The topological polar surface area (TPSA) is 63.6 Å². The van der Waals surface area contributed by atoms with Crippen LogP contribution in [0.15, 0.2) is 29.2 Å². The van der Waals surface area contributed by atoms with E-state index in [0.717, 1.165) is 0 Å². The Morgan fingerprint density at radius 1 is 1.27 bits per heavy atom. The Morgan fingerprint density at radius 2 is 1.73 bits per heavy atom. The molecule has 0 aromatic heterocycles. The standard InChI is InChI=1S/C9H12O4S.Na.H/c1-7(2)13-8-3-5-9(6-4-8)14(10,11)12;;/h3-7H,1-2H3,(H,10,11,12);;/q;+1;-1. The first kappa shape index (κ1) is 14.9. The molecule has 0 aliphatic rings. The van der Waals surface area contributed by atoms with Gasteiger partial charge < -0.3 is 6.16 Å². The molecule has 0 saturated carbocycles. The van der Waals surface area contributed by atoms with Gasteiger partial charge in [-0.25, -0.2) is 0 Å². The summed E-state index contributed by atoms with van der Waals surface area (Å²) in [7, 11) is -4.10. The molecular formula is C9H13NaO4S. The summed E-state index contributed by atoms with van der Waals surface area (Å²) in [6, 6.07) is 5.60. The van der Waals surface area contributed by atoms with Gasteiger partial charge in [0.2, 0.25) is 0 Å². The van der Waals surface area contributed by atoms with Gasteiger partial charge in [0.25, 0.3) is 10.1 Å². The summed E-state index contributed by atoms with van der Waals surface area (Å²) in [6.07, 6.45) is 0.0339. The minimum absolute atomic E-state index is 0. The zero-order chi connectivity index (χ0) is 10.8. The van der Waals surface area contributed by atoms with E-state index in [0.29, 0.717) is 5.75 Å². The smallest absolute Gasteiger partial charge is 1.00 e. The number of ether oxygens (including phenoxy) is 1. The monoisotopic (exact) mass is 240 g/mol. The van der Waals surface area contributed by atoms with Crippen molar-refractivity contribution in [3.8, 4) is 5.75 Å². The molecule has 1 aromatic carbocycles. The Bertz CT molecular complexity index is 402. The van der Waals surface area contributed by atoms with Crippen LogP contribution in [0.3, 0.4) is 0 Å². The maximum absolute atomic E-state index is 10.7. The molecule has 4 nitrogen and oxygen atoms in total. The number of hydrogen-bond acceptors (Lipinski definition) is 3. The Balaban J connectivity index is 0. The first-order valence-electron chi connectivity index (χ1n) is 4.14. The number of rotatable bonds is 3. The quantitative estimate of drug-likeness (QED) is 0.534. The summed E-state index contributed by atoms with van der Waals surface area (Å²) in [6.45, 7) is 3.74. The normalized spacial score (nSPS) is 10.9. The van der Waals surface area contributed by atoms with Gasteiger partial charge in [-0.3, -0.25) is 4.55 Å². The van der Waals surface area contributed by atoms with Crippen LogP contribution in [0.4, 0.5) is 0 Å². The molecule has 0 aliphatic carbocycles. The van der Waals surface area contributed by atoms with Crippen LogP contribution in [0.2, 0.25) is 0 Å². The van der Waals surface area contributed by atoms with E-state index in [2.05, 4.69) is 0 Å². The van der Waals surface area contributed by atoms with Crippen molar-refractivity contribution in [2.75, 3.05) is 0 Å². The third-order valence-electron chi connectivity index (χ3n) is 1.49. The molecule has 0 aliphatic heterocycles. The van der Waals surface area contributed by atoms with Crippen LogP contribution in [0.1, 0.15) is 15.3 Å². The molecule has 1 N–H and O–H groups in total. The molecule has 0 atom stereocenters. The van der Waals surface area contributed by atoms with Crippen molar-refractivity contribution in [3.63, 3.8) is 0 Å². The van der Waals surface area contributed by atoms with Crippen molar-refractivity contribution < 1.29 is 48.7 Å². The van der Waals surface area contributed by atoms with Gasteiger partial charge >= 0.3 is 29.6 Å².